The standard InChI is InChI=1S/C25H21FN4O3/c26-20-12-18(9-10-23(20)33-15-17-6-2-1-3-7-17)21-14-24(29-16-28-21)30-22(25(31)32)13-19-8-4-5-11-27-19/h1-12,14,16,22H,13,15H2,(H,31,32)(H,28,29,30)/t22-/m0/s1. The van der Waals surface area contributed by atoms with E-state index in [9.17, 15) is 14.3 Å². The molecule has 0 bridgehead atoms. The van der Waals surface area contributed by atoms with Crippen molar-refractivity contribution in [3.05, 3.63) is 102 Å². The number of pyridine rings is 1. The smallest absolute Gasteiger partial charge is 0.326 e. The summed E-state index contributed by atoms with van der Waals surface area (Å²) in [5.41, 5.74) is 2.54. The number of carbonyl (C=O) groups is 1. The first kappa shape index (κ1) is 21.9. The summed E-state index contributed by atoms with van der Waals surface area (Å²) in [6.07, 6.45) is 3.09. The Morgan fingerprint density at radius 3 is 2.55 bits per heavy atom. The van der Waals surface area contributed by atoms with Crippen LogP contribution in [0.5, 0.6) is 5.75 Å². The third-order valence-corrected chi connectivity index (χ3v) is 4.89. The van der Waals surface area contributed by atoms with Crippen LogP contribution >= 0.6 is 0 Å². The lowest BCUT2D eigenvalue weighted by molar-refractivity contribution is -0.137. The number of aromatic nitrogens is 3. The van der Waals surface area contributed by atoms with Gasteiger partial charge in [-0.1, -0.05) is 36.4 Å². The van der Waals surface area contributed by atoms with Gasteiger partial charge in [-0.2, -0.15) is 0 Å². The average molecular weight is 444 g/mol. The van der Waals surface area contributed by atoms with Gasteiger partial charge in [0.1, 0.15) is 24.8 Å². The predicted molar refractivity (Wildman–Crippen MR) is 121 cm³/mol. The molecule has 0 fully saturated rings. The lowest BCUT2D eigenvalue weighted by Crippen LogP contribution is -2.32. The molecule has 0 radical (unpaired) electrons. The van der Waals surface area contributed by atoms with E-state index >= 15 is 0 Å². The minimum atomic E-state index is -1.04. The van der Waals surface area contributed by atoms with Gasteiger partial charge in [-0.3, -0.25) is 4.98 Å². The molecule has 0 aliphatic rings. The summed E-state index contributed by atoms with van der Waals surface area (Å²) in [6, 6.07) is 20.0. The van der Waals surface area contributed by atoms with Gasteiger partial charge in [-0.05, 0) is 35.9 Å². The van der Waals surface area contributed by atoms with Crippen molar-refractivity contribution in [2.45, 2.75) is 19.1 Å². The number of hydrogen-bond acceptors (Lipinski definition) is 6. The molecular formula is C25H21FN4O3. The fourth-order valence-electron chi connectivity index (χ4n) is 3.21. The van der Waals surface area contributed by atoms with Crippen LogP contribution in [0.25, 0.3) is 11.3 Å². The molecule has 166 valence electrons. The van der Waals surface area contributed by atoms with Crippen molar-refractivity contribution in [2.75, 3.05) is 5.32 Å². The van der Waals surface area contributed by atoms with E-state index in [0.717, 1.165) is 5.56 Å². The zero-order chi connectivity index (χ0) is 23.0. The highest BCUT2D eigenvalue weighted by molar-refractivity contribution is 5.77. The summed E-state index contributed by atoms with van der Waals surface area (Å²) in [5, 5.41) is 12.5. The first-order chi connectivity index (χ1) is 16.1. The van der Waals surface area contributed by atoms with Gasteiger partial charge in [0.25, 0.3) is 0 Å². The van der Waals surface area contributed by atoms with Gasteiger partial charge in [-0.25, -0.2) is 19.2 Å². The van der Waals surface area contributed by atoms with Crippen LogP contribution in [0, 0.1) is 5.82 Å². The molecule has 0 unspecified atom stereocenters. The second-order valence-electron chi connectivity index (χ2n) is 7.27. The molecule has 33 heavy (non-hydrogen) atoms. The van der Waals surface area contributed by atoms with Crippen molar-refractivity contribution in [2.24, 2.45) is 0 Å². The fraction of sp³-hybridized carbons (Fsp3) is 0.120. The number of aliphatic carboxylic acids is 1. The molecule has 0 saturated heterocycles. The van der Waals surface area contributed by atoms with Crippen molar-refractivity contribution < 1.29 is 19.0 Å². The number of hydrogen-bond donors (Lipinski definition) is 2. The predicted octanol–water partition coefficient (Wildman–Crippen LogP) is 4.36. The maximum atomic E-state index is 14.6. The monoisotopic (exact) mass is 444 g/mol. The molecule has 7 nitrogen and oxygen atoms in total. The molecule has 4 rings (SSSR count). The Morgan fingerprint density at radius 2 is 1.82 bits per heavy atom. The number of anilines is 1. The van der Waals surface area contributed by atoms with Gasteiger partial charge in [0.15, 0.2) is 11.6 Å². The van der Waals surface area contributed by atoms with Crippen LogP contribution < -0.4 is 10.1 Å². The SMILES string of the molecule is O=C(O)[C@H](Cc1ccccn1)Nc1cc(-c2ccc(OCc3ccccc3)c(F)c2)ncn1. The van der Waals surface area contributed by atoms with Crippen molar-refractivity contribution in [1.29, 1.82) is 0 Å². The number of nitrogens with one attached hydrogen (secondary N) is 1. The van der Waals surface area contributed by atoms with Crippen LogP contribution in [-0.2, 0) is 17.8 Å². The number of halogens is 1. The minimum absolute atomic E-state index is 0.135. The molecule has 2 aromatic carbocycles. The molecule has 0 amide bonds. The van der Waals surface area contributed by atoms with Gasteiger partial charge in [0, 0.05) is 29.9 Å². The number of rotatable bonds is 9. The molecule has 0 saturated carbocycles. The zero-order valence-corrected chi connectivity index (χ0v) is 17.6. The highest BCUT2D eigenvalue weighted by Crippen LogP contribution is 2.26. The number of carboxylic acids is 1. The Bertz CT molecular complexity index is 1220. The molecular weight excluding hydrogens is 423 g/mol. The number of benzene rings is 2. The zero-order valence-electron chi connectivity index (χ0n) is 17.6. The van der Waals surface area contributed by atoms with E-state index < -0.39 is 17.8 Å². The molecule has 0 aliphatic carbocycles. The van der Waals surface area contributed by atoms with Gasteiger partial charge in [-0.15, -0.1) is 0 Å². The van der Waals surface area contributed by atoms with E-state index in [1.54, 1.807) is 42.6 Å². The van der Waals surface area contributed by atoms with Crippen LogP contribution in [0.15, 0.2) is 85.3 Å². The van der Waals surface area contributed by atoms with Crippen molar-refractivity contribution in [3.63, 3.8) is 0 Å². The Hall–Kier alpha value is -4.33. The molecule has 2 aromatic heterocycles. The van der Waals surface area contributed by atoms with E-state index in [4.69, 9.17) is 4.74 Å². The third kappa shape index (κ3) is 5.88. The van der Waals surface area contributed by atoms with Crippen LogP contribution in [0.3, 0.4) is 0 Å². The van der Waals surface area contributed by atoms with E-state index in [0.29, 0.717) is 22.8 Å². The number of nitrogens with zero attached hydrogens (tertiary/aromatic N) is 3. The summed E-state index contributed by atoms with van der Waals surface area (Å²) in [5.74, 6) is -1.11. The topological polar surface area (TPSA) is 97.2 Å². The second kappa shape index (κ2) is 10.3. The summed E-state index contributed by atoms with van der Waals surface area (Å²) in [6.45, 7) is 0.255. The summed E-state index contributed by atoms with van der Waals surface area (Å²) >= 11 is 0. The first-order valence-corrected chi connectivity index (χ1v) is 10.3. The molecule has 2 heterocycles. The Kier molecular flexibility index (Phi) is 6.84. The van der Waals surface area contributed by atoms with E-state index in [-0.39, 0.29) is 18.8 Å². The maximum Gasteiger partial charge on any atom is 0.326 e. The van der Waals surface area contributed by atoms with Crippen molar-refractivity contribution in [3.8, 4) is 17.0 Å². The molecule has 4 aromatic rings. The summed E-state index contributed by atoms with van der Waals surface area (Å²) < 4.78 is 20.2. The largest absolute Gasteiger partial charge is 0.486 e. The quantitative estimate of drug-likeness (QED) is 0.396. The normalized spacial score (nSPS) is 11.5. The average Bonchev–Trinajstić information content (AvgIpc) is 2.84. The van der Waals surface area contributed by atoms with Crippen molar-refractivity contribution >= 4 is 11.8 Å². The van der Waals surface area contributed by atoms with E-state index in [1.165, 1.54) is 12.4 Å². The maximum absolute atomic E-state index is 14.6. The van der Waals surface area contributed by atoms with Crippen LogP contribution in [0.4, 0.5) is 10.2 Å². The van der Waals surface area contributed by atoms with Gasteiger partial charge >= 0.3 is 5.97 Å². The van der Waals surface area contributed by atoms with Gasteiger partial charge < -0.3 is 15.2 Å². The van der Waals surface area contributed by atoms with Crippen LogP contribution in [-0.4, -0.2) is 32.1 Å². The Balaban J connectivity index is 1.47. The lowest BCUT2D eigenvalue weighted by atomic mass is 10.1. The van der Waals surface area contributed by atoms with E-state index in [1.807, 2.05) is 30.3 Å². The second-order valence-corrected chi connectivity index (χ2v) is 7.27. The first-order valence-electron chi connectivity index (χ1n) is 10.3. The van der Waals surface area contributed by atoms with Gasteiger partial charge in [0.05, 0.1) is 5.69 Å². The van der Waals surface area contributed by atoms with Crippen LogP contribution in [0.2, 0.25) is 0 Å². The minimum Gasteiger partial charge on any atom is -0.486 e. The van der Waals surface area contributed by atoms with Crippen LogP contribution in [0.1, 0.15) is 11.3 Å². The lowest BCUT2D eigenvalue weighted by Gasteiger charge is -2.15. The Morgan fingerprint density at radius 1 is 1.00 bits per heavy atom. The summed E-state index contributed by atoms with van der Waals surface area (Å²) in [7, 11) is 0. The highest BCUT2D eigenvalue weighted by Gasteiger charge is 2.19. The van der Waals surface area contributed by atoms with Gasteiger partial charge in [0.2, 0.25) is 0 Å². The fourth-order valence-corrected chi connectivity index (χ4v) is 3.21. The Labute approximate surface area is 190 Å². The van der Waals surface area contributed by atoms with E-state index in [2.05, 4.69) is 20.3 Å². The third-order valence-electron chi connectivity index (χ3n) is 4.89. The molecule has 0 spiro atoms. The molecule has 1 atom stereocenters. The molecule has 0 aliphatic heterocycles. The highest BCUT2D eigenvalue weighted by atomic mass is 19.1. The molecule has 2 N–H and O–H groups in total. The number of carboxylic acid groups (broad SMARTS) is 1. The van der Waals surface area contributed by atoms with Crippen molar-refractivity contribution in [1.82, 2.24) is 15.0 Å². The summed E-state index contributed by atoms with van der Waals surface area (Å²) in [4.78, 5) is 24.2. The number of ether oxygens (including phenoxy) is 1. The molecule has 8 heteroatoms.